The minimum absolute atomic E-state index is 0. The van der Waals surface area contributed by atoms with Gasteiger partial charge in [0.05, 0.1) is 0 Å². The van der Waals surface area contributed by atoms with Crippen LogP contribution in [0.15, 0.2) is 36.4 Å². The van der Waals surface area contributed by atoms with E-state index in [0.717, 1.165) is 44.5 Å². The van der Waals surface area contributed by atoms with Crippen molar-refractivity contribution in [2.45, 2.75) is 177 Å². The summed E-state index contributed by atoms with van der Waals surface area (Å²) in [6.45, 7) is 41.3. The average Bonchev–Trinajstić information content (AvgIpc) is 2.95. The Labute approximate surface area is 341 Å². The maximum Gasteiger partial charge on any atom is 5.00 e. The van der Waals surface area contributed by atoms with Gasteiger partial charge in [0, 0.05) is 32.7 Å². The van der Waals surface area contributed by atoms with Gasteiger partial charge in [-0.25, -0.2) is 0 Å². The fourth-order valence-corrected chi connectivity index (χ4v) is 6.77. The standard InChI is InChI=1S/C48H76N2O3.Fe/c1-43(2,3)34-22-31(40(51)37(25-34)46(10,11)12)28-49(19)20-21-50(29-32-23-35(44(4,5)6)26-38(41(32)52)47(13,14)15)30-33-24-36(45(7,8)9)27-39(42(33)53)48(16,17)18;/h22-27,51-53H,20-21,28-30H2,1-19H3;/q;+5/p-3. The molecule has 0 saturated carbocycles. The zero-order valence-electron chi connectivity index (χ0n) is 37.5. The molecule has 0 aromatic heterocycles. The van der Waals surface area contributed by atoms with Gasteiger partial charge >= 0.3 is 17.1 Å². The van der Waals surface area contributed by atoms with Crippen LogP contribution in [0.3, 0.4) is 0 Å². The van der Waals surface area contributed by atoms with Crippen LogP contribution in [0.1, 0.15) is 175 Å². The van der Waals surface area contributed by atoms with Crippen LogP contribution in [0.25, 0.3) is 0 Å². The van der Waals surface area contributed by atoms with Gasteiger partial charge in [0.25, 0.3) is 0 Å². The predicted octanol–water partition coefficient (Wildman–Crippen LogP) is 9.82. The first-order valence-corrected chi connectivity index (χ1v) is 19.7. The third-order valence-electron chi connectivity index (χ3n) is 10.5. The summed E-state index contributed by atoms with van der Waals surface area (Å²) in [6.07, 6.45) is 0. The Morgan fingerprint density at radius 1 is 0.389 bits per heavy atom. The summed E-state index contributed by atoms with van der Waals surface area (Å²) in [4.78, 5) is 4.48. The molecule has 0 heterocycles. The van der Waals surface area contributed by atoms with E-state index in [1.54, 1.807) is 0 Å². The van der Waals surface area contributed by atoms with E-state index in [2.05, 4.69) is 178 Å². The molecule has 0 amide bonds. The van der Waals surface area contributed by atoms with Gasteiger partial charge in [-0.3, -0.25) is 4.90 Å². The van der Waals surface area contributed by atoms with E-state index < -0.39 is 0 Å². The molecule has 0 saturated heterocycles. The Hall–Kier alpha value is -2.50. The molecule has 0 bridgehead atoms. The fraction of sp³-hybridized carbons (Fsp3) is 0.625. The van der Waals surface area contributed by atoms with Crippen molar-refractivity contribution in [1.29, 1.82) is 0 Å². The second-order valence-electron chi connectivity index (χ2n) is 22.0. The van der Waals surface area contributed by atoms with Gasteiger partial charge in [-0.15, -0.1) is 17.2 Å². The van der Waals surface area contributed by atoms with E-state index >= 15 is 0 Å². The van der Waals surface area contributed by atoms with Crippen LogP contribution in [0, 0.1) is 0 Å². The molecule has 299 valence electrons. The van der Waals surface area contributed by atoms with Crippen molar-refractivity contribution in [3.63, 3.8) is 0 Å². The molecule has 1 radical (unpaired) electrons. The summed E-state index contributed by atoms with van der Waals surface area (Å²) < 4.78 is 0. The summed E-state index contributed by atoms with van der Waals surface area (Å²) >= 11 is 0. The van der Waals surface area contributed by atoms with Crippen LogP contribution in [0.4, 0.5) is 0 Å². The van der Waals surface area contributed by atoms with Crippen molar-refractivity contribution in [3.8, 4) is 17.2 Å². The molecule has 0 aliphatic carbocycles. The molecule has 0 aliphatic heterocycles. The number of hydrogen-bond donors (Lipinski definition) is 0. The van der Waals surface area contributed by atoms with Crippen LogP contribution in [0.5, 0.6) is 17.2 Å². The van der Waals surface area contributed by atoms with Gasteiger partial charge in [-0.05, 0) is 89.6 Å². The molecule has 6 heteroatoms. The molecule has 0 fully saturated rings. The van der Waals surface area contributed by atoms with Crippen LogP contribution in [0.2, 0.25) is 0 Å². The molecule has 3 aromatic carbocycles. The van der Waals surface area contributed by atoms with E-state index in [1.165, 1.54) is 5.56 Å². The Morgan fingerprint density at radius 2 is 0.648 bits per heavy atom. The summed E-state index contributed by atoms with van der Waals surface area (Å²) in [5.41, 5.74) is 7.00. The van der Waals surface area contributed by atoms with Gasteiger partial charge < -0.3 is 20.2 Å². The maximum atomic E-state index is 14.2. The number of likely N-dealkylation sites (N-methyl/N-ethyl adjacent to an activating group) is 1. The Kier molecular flexibility index (Phi) is 14.6. The third kappa shape index (κ3) is 12.0. The Morgan fingerprint density at radius 3 is 0.889 bits per heavy atom. The SMILES string of the molecule is CN(CCN(Cc1cc(C(C)(C)C)cc(C(C)(C)C)c1[O-])Cc1cc(C(C)(C)C)cc(C(C)(C)C)c1[O-])Cc1cc(C(C)(C)C)cc(C(C)(C)C)c1[O-].[Fe+5]. The third-order valence-corrected chi connectivity index (χ3v) is 10.5. The molecule has 0 N–H and O–H groups in total. The van der Waals surface area contributed by atoms with E-state index in [-0.39, 0.29) is 66.8 Å². The summed E-state index contributed by atoms with van der Waals surface area (Å²) in [7, 11) is 2.06. The second kappa shape index (κ2) is 16.5. The molecule has 3 rings (SSSR count). The molecule has 0 unspecified atom stereocenters. The number of nitrogens with zero attached hydrogens (tertiary/aromatic N) is 2. The van der Waals surface area contributed by atoms with E-state index in [4.69, 9.17) is 0 Å². The zero-order chi connectivity index (χ0) is 40.9. The monoisotopic (exact) mass is 781 g/mol. The van der Waals surface area contributed by atoms with Gasteiger partial charge in [0.2, 0.25) is 0 Å². The molecule has 0 aliphatic rings. The first-order chi connectivity index (χ1) is 23.7. The fourth-order valence-electron chi connectivity index (χ4n) is 6.77. The average molecular weight is 782 g/mol. The van der Waals surface area contributed by atoms with Gasteiger partial charge in [0.15, 0.2) is 0 Å². The van der Waals surface area contributed by atoms with Gasteiger partial charge in [-0.1, -0.05) is 161 Å². The minimum Gasteiger partial charge on any atom is -0.872 e. The number of rotatable bonds is 9. The topological polar surface area (TPSA) is 75.7 Å². The van der Waals surface area contributed by atoms with Crippen molar-refractivity contribution >= 4 is 0 Å². The summed E-state index contributed by atoms with van der Waals surface area (Å²) in [5.74, 6) is 0.271. The van der Waals surface area contributed by atoms with E-state index in [0.29, 0.717) is 32.7 Å². The predicted molar refractivity (Wildman–Crippen MR) is 220 cm³/mol. The number of benzene rings is 3. The minimum atomic E-state index is -0.313. The van der Waals surface area contributed by atoms with Crippen molar-refractivity contribution < 1.29 is 32.4 Å². The normalized spacial score (nSPS) is 13.5. The maximum absolute atomic E-state index is 14.2. The Balaban J connectivity index is 0.0000101. The van der Waals surface area contributed by atoms with Crippen LogP contribution < -0.4 is 15.3 Å². The molecular weight excluding hydrogens is 708 g/mol. The Bertz CT molecular complexity index is 1670. The van der Waals surface area contributed by atoms with Crippen molar-refractivity contribution in [2.75, 3.05) is 20.1 Å². The molecule has 5 nitrogen and oxygen atoms in total. The van der Waals surface area contributed by atoms with Crippen molar-refractivity contribution in [1.82, 2.24) is 9.80 Å². The van der Waals surface area contributed by atoms with Crippen LogP contribution in [-0.4, -0.2) is 29.9 Å². The smallest absolute Gasteiger partial charge is 0.872 e. The largest absolute Gasteiger partial charge is 5.00 e. The van der Waals surface area contributed by atoms with E-state index in [1.807, 2.05) is 0 Å². The quantitative estimate of drug-likeness (QED) is 0.202. The first kappa shape index (κ1) is 47.7. The second-order valence-corrected chi connectivity index (χ2v) is 22.0. The van der Waals surface area contributed by atoms with Crippen molar-refractivity contribution in [2.24, 2.45) is 0 Å². The molecule has 0 spiro atoms. The molecule has 54 heavy (non-hydrogen) atoms. The summed E-state index contributed by atoms with van der Waals surface area (Å²) in [6, 6.07) is 12.6. The van der Waals surface area contributed by atoms with Crippen LogP contribution >= 0.6 is 0 Å². The molecule has 0 atom stereocenters. The molecular formula is C48H73FeN2O3+2. The van der Waals surface area contributed by atoms with Gasteiger partial charge in [0.1, 0.15) is 0 Å². The van der Waals surface area contributed by atoms with Crippen molar-refractivity contribution in [3.05, 3.63) is 86.5 Å². The van der Waals surface area contributed by atoms with Crippen LogP contribution in [-0.2, 0) is 69.2 Å². The summed E-state index contributed by atoms with van der Waals surface area (Å²) in [5, 5.41) is 42.3. The van der Waals surface area contributed by atoms with E-state index in [9.17, 15) is 15.3 Å². The number of hydrogen-bond acceptors (Lipinski definition) is 5. The van der Waals surface area contributed by atoms with Gasteiger partial charge in [-0.2, -0.15) is 0 Å². The first-order valence-electron chi connectivity index (χ1n) is 19.7. The molecule has 3 aromatic rings. The zero-order valence-corrected chi connectivity index (χ0v) is 38.6.